The topological polar surface area (TPSA) is 133 Å². The number of rotatable bonds is 8. The van der Waals surface area contributed by atoms with Gasteiger partial charge in [0, 0.05) is 26.3 Å². The molecule has 2 atom stereocenters. The number of halogens is 1. The number of hydrogen-bond acceptors (Lipinski definition) is 7. The second kappa shape index (κ2) is 11.1. The summed E-state index contributed by atoms with van der Waals surface area (Å²) in [5.41, 5.74) is 0.555. The van der Waals surface area contributed by atoms with Gasteiger partial charge >= 0.3 is 12.1 Å². The fraction of sp³-hybridized carbons (Fsp3) is 0.318. The highest BCUT2D eigenvalue weighted by Gasteiger charge is 2.41. The van der Waals surface area contributed by atoms with Gasteiger partial charge in [0.05, 0.1) is 10.8 Å². The molecular weight excluding hydrogens is 501 g/mol. The summed E-state index contributed by atoms with van der Waals surface area (Å²) in [4.78, 5) is 37.4. The third kappa shape index (κ3) is 6.50. The Hall–Kier alpha value is -3.16. The Kier molecular flexibility index (Phi) is 8.35. The Balaban J connectivity index is 1.69. The lowest BCUT2D eigenvalue weighted by atomic mass is 10.1. The fourth-order valence-corrected chi connectivity index (χ4v) is 6.35. The molecule has 10 nitrogen and oxygen atoms in total. The molecule has 1 aliphatic rings. The summed E-state index contributed by atoms with van der Waals surface area (Å²) in [6.45, 7) is 0. The maximum atomic E-state index is 13.2. The summed E-state index contributed by atoms with van der Waals surface area (Å²) in [7, 11) is -1.03. The Bertz CT molecular complexity index is 1190. The molecule has 2 amide bonds. The lowest BCUT2D eigenvalue weighted by Gasteiger charge is -2.24. The zero-order chi connectivity index (χ0) is 25.8. The minimum absolute atomic E-state index is 0.00264. The molecule has 3 rings (SSSR count). The largest absolute Gasteiger partial charge is 0.480 e. The maximum absolute atomic E-state index is 13.2. The summed E-state index contributed by atoms with van der Waals surface area (Å²) in [5.74, 6) is -2.22. The van der Waals surface area contributed by atoms with Crippen LogP contribution in [0.25, 0.3) is 0 Å². The number of benzene rings is 2. The van der Waals surface area contributed by atoms with E-state index in [1.807, 2.05) is 0 Å². The van der Waals surface area contributed by atoms with E-state index in [1.54, 1.807) is 12.1 Å². The van der Waals surface area contributed by atoms with Crippen molar-refractivity contribution in [3.05, 3.63) is 59.9 Å². The third-order valence-electron chi connectivity index (χ3n) is 5.11. The van der Waals surface area contributed by atoms with Crippen LogP contribution in [0.2, 0.25) is 0 Å². The maximum Gasteiger partial charge on any atom is 0.414 e. The standard InChI is InChI=1S/C22H24FN3O7S2/c1-25(2)22(30)33-16-7-3-14(4-8-16)11-18(21(28)29)24-20(27)19-12-34-13-26(19)35(31,32)17-9-5-15(23)6-10-17/h3-10,18-19H,11-13H2,1-2H3,(H,24,27)(H,28,29)/t18-,19-/m0/s1. The van der Waals surface area contributed by atoms with Crippen LogP contribution in [0.5, 0.6) is 5.75 Å². The zero-order valence-electron chi connectivity index (χ0n) is 18.9. The van der Waals surface area contributed by atoms with E-state index in [1.165, 1.54) is 42.9 Å². The number of amides is 2. The second-order valence-electron chi connectivity index (χ2n) is 7.87. The molecule has 2 aromatic carbocycles. The molecule has 1 fully saturated rings. The highest BCUT2D eigenvalue weighted by Crippen LogP contribution is 2.28. The van der Waals surface area contributed by atoms with E-state index in [9.17, 15) is 32.3 Å². The summed E-state index contributed by atoms with van der Waals surface area (Å²) in [6.07, 6.45) is -0.643. The van der Waals surface area contributed by atoms with E-state index in [0.717, 1.165) is 28.6 Å². The molecule has 1 aliphatic heterocycles. The first-order valence-corrected chi connectivity index (χ1v) is 12.9. The van der Waals surface area contributed by atoms with Gasteiger partial charge in [-0.3, -0.25) is 4.79 Å². The van der Waals surface area contributed by atoms with Gasteiger partial charge in [0.25, 0.3) is 0 Å². The van der Waals surface area contributed by atoms with Crippen molar-refractivity contribution in [2.75, 3.05) is 25.7 Å². The van der Waals surface area contributed by atoms with E-state index in [4.69, 9.17) is 4.74 Å². The molecule has 188 valence electrons. The smallest absolute Gasteiger partial charge is 0.414 e. The van der Waals surface area contributed by atoms with Crippen molar-refractivity contribution >= 4 is 39.8 Å². The summed E-state index contributed by atoms with van der Waals surface area (Å²) in [5, 5.41) is 12.0. The Morgan fingerprint density at radius 1 is 1.17 bits per heavy atom. The number of carbonyl (C=O) groups excluding carboxylic acids is 2. The molecule has 1 heterocycles. The predicted octanol–water partition coefficient (Wildman–Crippen LogP) is 1.76. The number of carbonyl (C=O) groups is 3. The van der Waals surface area contributed by atoms with Crippen molar-refractivity contribution in [2.45, 2.75) is 23.4 Å². The van der Waals surface area contributed by atoms with Crippen LogP contribution in [0.1, 0.15) is 5.56 Å². The number of nitrogens with one attached hydrogen (secondary N) is 1. The van der Waals surface area contributed by atoms with Crippen LogP contribution in [0, 0.1) is 5.82 Å². The minimum Gasteiger partial charge on any atom is -0.480 e. The third-order valence-corrected chi connectivity index (χ3v) is 8.16. The van der Waals surface area contributed by atoms with Gasteiger partial charge in [-0.15, -0.1) is 11.8 Å². The van der Waals surface area contributed by atoms with Crippen LogP contribution in [-0.2, 0) is 26.0 Å². The molecule has 0 radical (unpaired) electrons. The van der Waals surface area contributed by atoms with Gasteiger partial charge in [-0.1, -0.05) is 12.1 Å². The van der Waals surface area contributed by atoms with Crippen molar-refractivity contribution in [3.8, 4) is 5.75 Å². The molecule has 2 aromatic rings. The van der Waals surface area contributed by atoms with E-state index in [2.05, 4.69) is 5.32 Å². The Morgan fingerprint density at radius 2 is 1.80 bits per heavy atom. The number of ether oxygens (including phenoxy) is 1. The number of hydrogen-bond donors (Lipinski definition) is 2. The van der Waals surface area contributed by atoms with Gasteiger partial charge in [0.2, 0.25) is 15.9 Å². The second-order valence-corrected chi connectivity index (χ2v) is 10.8. The van der Waals surface area contributed by atoms with Gasteiger partial charge in [0.1, 0.15) is 23.7 Å². The first kappa shape index (κ1) is 26.4. The van der Waals surface area contributed by atoms with Crippen LogP contribution in [0.15, 0.2) is 53.4 Å². The Morgan fingerprint density at radius 3 is 2.37 bits per heavy atom. The molecule has 0 bridgehead atoms. The van der Waals surface area contributed by atoms with Gasteiger partial charge in [-0.05, 0) is 42.0 Å². The summed E-state index contributed by atoms with van der Waals surface area (Å²) < 4.78 is 45.3. The molecule has 0 spiro atoms. The Labute approximate surface area is 206 Å². The minimum atomic E-state index is -4.09. The predicted molar refractivity (Wildman–Crippen MR) is 126 cm³/mol. The average molecular weight is 526 g/mol. The van der Waals surface area contributed by atoms with E-state index >= 15 is 0 Å². The highest BCUT2D eigenvalue weighted by atomic mass is 32.2. The number of carboxylic acid groups (broad SMARTS) is 1. The SMILES string of the molecule is CN(C)C(=O)Oc1ccc(C[C@H](NC(=O)[C@@H]2CSCN2S(=O)(=O)c2ccc(F)cc2)C(=O)O)cc1. The zero-order valence-corrected chi connectivity index (χ0v) is 20.5. The molecule has 35 heavy (non-hydrogen) atoms. The lowest BCUT2D eigenvalue weighted by molar-refractivity contribution is -0.142. The molecule has 1 saturated heterocycles. The summed E-state index contributed by atoms with van der Waals surface area (Å²) >= 11 is 1.21. The number of sulfonamides is 1. The van der Waals surface area contributed by atoms with Crippen LogP contribution in [0.3, 0.4) is 0 Å². The fourth-order valence-electron chi connectivity index (χ4n) is 3.20. The van der Waals surface area contributed by atoms with Crippen molar-refractivity contribution in [3.63, 3.8) is 0 Å². The van der Waals surface area contributed by atoms with Gasteiger partial charge in [-0.2, -0.15) is 4.31 Å². The van der Waals surface area contributed by atoms with Gasteiger partial charge < -0.3 is 20.1 Å². The van der Waals surface area contributed by atoms with Crippen molar-refractivity contribution in [1.29, 1.82) is 0 Å². The molecular formula is C22H24FN3O7S2. The van der Waals surface area contributed by atoms with E-state index < -0.39 is 45.9 Å². The molecule has 0 aromatic heterocycles. The first-order valence-electron chi connectivity index (χ1n) is 10.4. The normalized spacial score (nSPS) is 16.9. The van der Waals surface area contributed by atoms with Crippen LogP contribution < -0.4 is 10.1 Å². The van der Waals surface area contributed by atoms with E-state index in [-0.39, 0.29) is 28.7 Å². The molecule has 2 N–H and O–H groups in total. The van der Waals surface area contributed by atoms with Gasteiger partial charge in [0.15, 0.2) is 0 Å². The van der Waals surface area contributed by atoms with Crippen LogP contribution >= 0.6 is 11.8 Å². The highest BCUT2D eigenvalue weighted by molar-refractivity contribution is 8.00. The number of thioether (sulfide) groups is 1. The van der Waals surface area contributed by atoms with Crippen molar-refractivity contribution in [2.24, 2.45) is 0 Å². The quantitative estimate of drug-likeness (QED) is 0.533. The van der Waals surface area contributed by atoms with E-state index in [0.29, 0.717) is 5.56 Å². The number of carboxylic acids is 1. The van der Waals surface area contributed by atoms with Crippen molar-refractivity contribution in [1.82, 2.24) is 14.5 Å². The molecule has 13 heteroatoms. The van der Waals surface area contributed by atoms with Crippen LogP contribution in [-0.4, -0.2) is 78.5 Å². The molecule has 0 unspecified atom stereocenters. The summed E-state index contributed by atoms with van der Waals surface area (Å²) in [6, 6.07) is 7.95. The van der Waals surface area contributed by atoms with Crippen molar-refractivity contribution < 1.29 is 37.0 Å². The van der Waals surface area contributed by atoms with Gasteiger partial charge in [-0.25, -0.2) is 22.4 Å². The van der Waals surface area contributed by atoms with Crippen LogP contribution in [0.4, 0.5) is 9.18 Å². The monoisotopic (exact) mass is 525 g/mol. The number of aliphatic carboxylic acids is 1. The first-order chi connectivity index (χ1) is 16.5. The molecule has 0 saturated carbocycles. The lowest BCUT2D eigenvalue weighted by Crippen LogP contribution is -2.52. The number of nitrogens with zero attached hydrogens (tertiary/aromatic N) is 2. The molecule has 0 aliphatic carbocycles. The average Bonchev–Trinajstić information content (AvgIpc) is 3.31.